The van der Waals surface area contributed by atoms with E-state index in [0.717, 1.165) is 5.56 Å². The van der Waals surface area contributed by atoms with E-state index < -0.39 is 18.0 Å². The number of carboxylic acid groups (broad SMARTS) is 1. The van der Waals surface area contributed by atoms with Crippen molar-refractivity contribution in [2.45, 2.75) is 20.5 Å². The zero-order valence-corrected chi connectivity index (χ0v) is 12.4. The van der Waals surface area contributed by atoms with Gasteiger partial charge >= 0.3 is 12.1 Å². The van der Waals surface area contributed by atoms with E-state index in [-0.39, 0.29) is 25.0 Å². The molecule has 1 heterocycles. The highest BCUT2D eigenvalue weighted by Crippen LogP contribution is 2.30. The number of hydrogen-bond acceptors (Lipinski definition) is 3. The number of hydrogen-bond donors (Lipinski definition) is 1. The minimum atomic E-state index is -0.841. The molecule has 0 spiro atoms. The third-order valence-electron chi connectivity index (χ3n) is 4.00. The van der Waals surface area contributed by atoms with E-state index in [2.05, 4.69) is 0 Å². The average Bonchev–Trinajstić information content (AvgIpc) is 2.91. The molecule has 1 aliphatic rings. The first-order chi connectivity index (χ1) is 9.99. The van der Waals surface area contributed by atoms with Crippen LogP contribution < -0.4 is 0 Å². The van der Waals surface area contributed by atoms with Crippen molar-refractivity contribution in [1.82, 2.24) is 4.90 Å². The van der Waals surface area contributed by atoms with Gasteiger partial charge in [-0.05, 0) is 17.4 Å². The highest BCUT2D eigenvalue weighted by Gasteiger charge is 2.41. The Balaban J connectivity index is 1.93. The molecular formula is C16H21NO4. The van der Waals surface area contributed by atoms with Gasteiger partial charge < -0.3 is 14.7 Å². The molecule has 5 heteroatoms. The Morgan fingerprint density at radius 1 is 1.29 bits per heavy atom. The van der Waals surface area contributed by atoms with Gasteiger partial charge in [0.1, 0.15) is 6.61 Å². The van der Waals surface area contributed by atoms with Gasteiger partial charge in [0.05, 0.1) is 5.92 Å². The monoisotopic (exact) mass is 291 g/mol. The fourth-order valence-corrected chi connectivity index (χ4v) is 2.73. The molecule has 0 saturated carbocycles. The number of carbonyl (C=O) groups excluding carboxylic acids is 1. The van der Waals surface area contributed by atoms with Gasteiger partial charge in [-0.1, -0.05) is 44.2 Å². The number of likely N-dealkylation sites (tertiary alicyclic amines) is 1. The summed E-state index contributed by atoms with van der Waals surface area (Å²) in [5, 5.41) is 9.26. The molecule has 1 saturated heterocycles. The molecule has 0 unspecified atom stereocenters. The maximum atomic E-state index is 12.1. The zero-order valence-electron chi connectivity index (χ0n) is 12.4. The first-order valence-electron chi connectivity index (χ1n) is 7.17. The number of ether oxygens (including phenoxy) is 1. The molecule has 1 aliphatic heterocycles. The Bertz CT molecular complexity index is 500. The SMILES string of the molecule is CC(C)[C@@H]1CN(C(=O)OCc2ccccc2)C[C@H]1C(=O)O. The molecule has 0 radical (unpaired) electrons. The third-order valence-corrected chi connectivity index (χ3v) is 4.00. The summed E-state index contributed by atoms with van der Waals surface area (Å²) in [5.41, 5.74) is 0.917. The van der Waals surface area contributed by atoms with Crippen LogP contribution in [-0.2, 0) is 16.1 Å². The Morgan fingerprint density at radius 2 is 1.95 bits per heavy atom. The lowest BCUT2D eigenvalue weighted by Gasteiger charge is -2.18. The lowest BCUT2D eigenvalue weighted by molar-refractivity contribution is -0.142. The topological polar surface area (TPSA) is 66.8 Å². The van der Waals surface area contributed by atoms with E-state index in [4.69, 9.17) is 4.74 Å². The van der Waals surface area contributed by atoms with Crippen molar-refractivity contribution >= 4 is 12.1 Å². The van der Waals surface area contributed by atoms with E-state index in [1.54, 1.807) is 0 Å². The fourth-order valence-electron chi connectivity index (χ4n) is 2.73. The highest BCUT2D eigenvalue weighted by atomic mass is 16.6. The number of aliphatic carboxylic acids is 1. The maximum absolute atomic E-state index is 12.1. The van der Waals surface area contributed by atoms with Crippen LogP contribution in [0.2, 0.25) is 0 Å². The van der Waals surface area contributed by atoms with Crippen LogP contribution in [0.5, 0.6) is 0 Å². The summed E-state index contributed by atoms with van der Waals surface area (Å²) in [5.74, 6) is -1.15. The minimum Gasteiger partial charge on any atom is -0.481 e. The van der Waals surface area contributed by atoms with Crippen LogP contribution in [0, 0.1) is 17.8 Å². The first-order valence-corrected chi connectivity index (χ1v) is 7.17. The number of amides is 1. The molecule has 0 aromatic heterocycles. The molecule has 1 fully saturated rings. The number of carboxylic acids is 1. The van der Waals surface area contributed by atoms with Crippen LogP contribution >= 0.6 is 0 Å². The number of rotatable bonds is 4. The molecule has 2 rings (SSSR count). The molecular weight excluding hydrogens is 270 g/mol. The Kier molecular flexibility index (Phi) is 4.83. The highest BCUT2D eigenvalue weighted by molar-refractivity contribution is 5.74. The van der Waals surface area contributed by atoms with Crippen LogP contribution in [0.1, 0.15) is 19.4 Å². The van der Waals surface area contributed by atoms with Crippen molar-refractivity contribution in [3.8, 4) is 0 Å². The number of carbonyl (C=O) groups is 2. The van der Waals surface area contributed by atoms with Crippen molar-refractivity contribution in [2.24, 2.45) is 17.8 Å². The van der Waals surface area contributed by atoms with Crippen LogP contribution in [0.15, 0.2) is 30.3 Å². The molecule has 1 amide bonds. The second-order valence-electron chi connectivity index (χ2n) is 5.80. The van der Waals surface area contributed by atoms with Gasteiger partial charge in [-0.15, -0.1) is 0 Å². The van der Waals surface area contributed by atoms with Crippen LogP contribution in [0.4, 0.5) is 4.79 Å². The quantitative estimate of drug-likeness (QED) is 0.926. The largest absolute Gasteiger partial charge is 0.481 e. The molecule has 1 aromatic rings. The molecule has 1 N–H and O–H groups in total. The van der Waals surface area contributed by atoms with Crippen molar-refractivity contribution in [3.63, 3.8) is 0 Å². The van der Waals surface area contributed by atoms with Gasteiger partial charge in [0.15, 0.2) is 0 Å². The molecule has 5 nitrogen and oxygen atoms in total. The summed E-state index contributed by atoms with van der Waals surface area (Å²) in [6.45, 7) is 4.85. The fraction of sp³-hybridized carbons (Fsp3) is 0.500. The molecule has 2 atom stereocenters. The van der Waals surface area contributed by atoms with Gasteiger partial charge in [0.25, 0.3) is 0 Å². The van der Waals surface area contributed by atoms with Crippen molar-refractivity contribution < 1.29 is 19.4 Å². The predicted molar refractivity (Wildman–Crippen MR) is 77.7 cm³/mol. The van der Waals surface area contributed by atoms with E-state index in [1.165, 1.54) is 4.90 Å². The molecule has 114 valence electrons. The summed E-state index contributed by atoms with van der Waals surface area (Å²) in [6.07, 6.45) is -0.437. The second kappa shape index (κ2) is 6.61. The summed E-state index contributed by atoms with van der Waals surface area (Å²) in [4.78, 5) is 24.9. The number of benzene rings is 1. The smallest absolute Gasteiger partial charge is 0.410 e. The first kappa shape index (κ1) is 15.4. The van der Waals surface area contributed by atoms with Gasteiger partial charge in [0.2, 0.25) is 0 Å². The molecule has 21 heavy (non-hydrogen) atoms. The van der Waals surface area contributed by atoms with Gasteiger partial charge in [0, 0.05) is 13.1 Å². The Morgan fingerprint density at radius 3 is 2.48 bits per heavy atom. The van der Waals surface area contributed by atoms with E-state index in [9.17, 15) is 14.7 Å². The normalized spacial score (nSPS) is 21.6. The summed E-state index contributed by atoms with van der Waals surface area (Å²) >= 11 is 0. The second-order valence-corrected chi connectivity index (χ2v) is 5.80. The van der Waals surface area contributed by atoms with Crippen LogP contribution in [-0.4, -0.2) is 35.2 Å². The molecule has 0 bridgehead atoms. The van der Waals surface area contributed by atoms with E-state index >= 15 is 0 Å². The van der Waals surface area contributed by atoms with Gasteiger partial charge in [-0.3, -0.25) is 4.79 Å². The van der Waals surface area contributed by atoms with Crippen molar-refractivity contribution in [1.29, 1.82) is 0 Å². The summed E-state index contributed by atoms with van der Waals surface area (Å²) < 4.78 is 5.26. The average molecular weight is 291 g/mol. The number of nitrogens with zero attached hydrogens (tertiary/aromatic N) is 1. The van der Waals surface area contributed by atoms with Crippen LogP contribution in [0.3, 0.4) is 0 Å². The minimum absolute atomic E-state index is 0.0215. The lowest BCUT2D eigenvalue weighted by Crippen LogP contribution is -2.30. The Labute approximate surface area is 124 Å². The van der Waals surface area contributed by atoms with Crippen LogP contribution in [0.25, 0.3) is 0 Å². The van der Waals surface area contributed by atoms with Gasteiger partial charge in [-0.2, -0.15) is 0 Å². The Hall–Kier alpha value is -2.04. The van der Waals surface area contributed by atoms with E-state index in [0.29, 0.717) is 6.54 Å². The maximum Gasteiger partial charge on any atom is 0.410 e. The third kappa shape index (κ3) is 3.74. The standard InChI is InChI=1S/C16H21NO4/c1-11(2)13-8-17(9-14(13)15(18)19)16(20)21-10-12-6-4-3-5-7-12/h3-7,11,13-14H,8-10H2,1-2H3,(H,18,19)/t13-,14+/m0/s1. The molecule has 0 aliphatic carbocycles. The van der Waals surface area contributed by atoms with Crippen molar-refractivity contribution in [2.75, 3.05) is 13.1 Å². The predicted octanol–water partition coefficient (Wildman–Crippen LogP) is 2.61. The lowest BCUT2D eigenvalue weighted by atomic mass is 9.86. The summed E-state index contributed by atoms with van der Waals surface area (Å²) in [7, 11) is 0. The van der Waals surface area contributed by atoms with E-state index in [1.807, 2.05) is 44.2 Å². The van der Waals surface area contributed by atoms with Gasteiger partial charge in [-0.25, -0.2) is 4.79 Å². The summed E-state index contributed by atoms with van der Waals surface area (Å²) in [6, 6.07) is 9.43. The zero-order chi connectivity index (χ0) is 15.4. The van der Waals surface area contributed by atoms with Crippen molar-refractivity contribution in [3.05, 3.63) is 35.9 Å². The molecule has 1 aromatic carbocycles.